The summed E-state index contributed by atoms with van der Waals surface area (Å²) in [6.07, 6.45) is 5.08. The van der Waals surface area contributed by atoms with Gasteiger partial charge in [-0.25, -0.2) is 0 Å². The summed E-state index contributed by atoms with van der Waals surface area (Å²) in [5, 5.41) is 13.4. The molecule has 1 aliphatic carbocycles. The van der Waals surface area contributed by atoms with E-state index in [-0.39, 0.29) is 5.91 Å². The quantitative estimate of drug-likeness (QED) is 0.715. The van der Waals surface area contributed by atoms with Crippen LogP contribution in [0.4, 0.5) is 0 Å². The molecule has 0 radical (unpaired) electrons. The molecule has 0 bridgehead atoms. The van der Waals surface area contributed by atoms with Crippen molar-refractivity contribution in [2.24, 2.45) is 5.92 Å². The molecule has 2 fully saturated rings. The third-order valence-electron chi connectivity index (χ3n) is 4.11. The third-order valence-corrected chi connectivity index (χ3v) is 4.11. The van der Waals surface area contributed by atoms with Crippen LogP contribution < -0.4 is 5.32 Å². The van der Waals surface area contributed by atoms with Crippen LogP contribution in [0.2, 0.25) is 0 Å². The van der Waals surface area contributed by atoms with Gasteiger partial charge >= 0.3 is 0 Å². The first kappa shape index (κ1) is 11.9. The zero-order valence-corrected chi connectivity index (χ0v) is 10.0. The van der Waals surface area contributed by atoms with Gasteiger partial charge in [0.2, 0.25) is 5.91 Å². The maximum atomic E-state index is 11.8. The Morgan fingerprint density at radius 3 is 3.06 bits per heavy atom. The number of carbonyl (C=O) groups excluding carboxylic acids is 1. The highest BCUT2D eigenvalue weighted by Gasteiger charge is 2.43. The highest BCUT2D eigenvalue weighted by Crippen LogP contribution is 2.39. The molecule has 1 saturated carbocycles. The van der Waals surface area contributed by atoms with Gasteiger partial charge in [-0.05, 0) is 26.3 Å². The Morgan fingerprint density at radius 2 is 2.31 bits per heavy atom. The Labute approximate surface area is 97.0 Å². The highest BCUT2D eigenvalue weighted by molar-refractivity contribution is 5.78. The third kappa shape index (κ3) is 2.23. The number of rotatable bonds is 2. The largest absolute Gasteiger partial charge is 0.389 e. The molecule has 4 nitrogen and oxygen atoms in total. The zero-order valence-electron chi connectivity index (χ0n) is 10.0. The van der Waals surface area contributed by atoms with Crippen molar-refractivity contribution in [1.82, 2.24) is 10.2 Å². The van der Waals surface area contributed by atoms with Crippen molar-refractivity contribution in [2.75, 3.05) is 26.7 Å². The number of carbonyl (C=O) groups is 1. The van der Waals surface area contributed by atoms with Gasteiger partial charge < -0.3 is 15.3 Å². The molecule has 1 saturated heterocycles. The first-order valence-electron chi connectivity index (χ1n) is 6.30. The van der Waals surface area contributed by atoms with Gasteiger partial charge in [0.1, 0.15) is 0 Å². The molecule has 1 amide bonds. The fraction of sp³-hybridized carbons (Fsp3) is 0.917. The lowest BCUT2D eigenvalue weighted by atomic mass is 9.71. The molecule has 4 heteroatoms. The standard InChI is InChI=1S/C12H22N2O2/c1-13-8-11(15)14-7-6-12(16)5-3-2-4-10(12)9-14/h10,13,16H,2-9H2,1H3/t10-,12-/m0/s1. The predicted octanol–water partition coefficient (Wildman–Crippen LogP) is 0.359. The second kappa shape index (κ2) is 4.72. The minimum atomic E-state index is -0.478. The summed E-state index contributed by atoms with van der Waals surface area (Å²) < 4.78 is 0. The summed E-state index contributed by atoms with van der Waals surface area (Å²) in [6, 6.07) is 0. The smallest absolute Gasteiger partial charge is 0.236 e. The lowest BCUT2D eigenvalue weighted by Gasteiger charge is -2.47. The number of amides is 1. The molecular weight excluding hydrogens is 204 g/mol. The van der Waals surface area contributed by atoms with Crippen LogP contribution in [0.1, 0.15) is 32.1 Å². The fourth-order valence-electron chi connectivity index (χ4n) is 3.06. The molecule has 1 heterocycles. The van der Waals surface area contributed by atoms with E-state index in [9.17, 15) is 9.90 Å². The van der Waals surface area contributed by atoms with Gasteiger partial charge in [0, 0.05) is 19.0 Å². The Morgan fingerprint density at radius 1 is 1.50 bits per heavy atom. The summed E-state index contributed by atoms with van der Waals surface area (Å²) in [6.45, 7) is 1.87. The summed E-state index contributed by atoms with van der Waals surface area (Å²) >= 11 is 0. The number of hydrogen-bond donors (Lipinski definition) is 2. The van der Waals surface area contributed by atoms with Crippen molar-refractivity contribution in [3.63, 3.8) is 0 Å². The number of hydrogen-bond acceptors (Lipinski definition) is 3. The van der Waals surface area contributed by atoms with E-state index < -0.39 is 5.60 Å². The molecular formula is C12H22N2O2. The van der Waals surface area contributed by atoms with Crippen molar-refractivity contribution in [3.05, 3.63) is 0 Å². The molecule has 0 aromatic heterocycles. The van der Waals surface area contributed by atoms with Crippen LogP contribution >= 0.6 is 0 Å². The van der Waals surface area contributed by atoms with Gasteiger partial charge in [0.15, 0.2) is 0 Å². The van der Waals surface area contributed by atoms with Crippen LogP contribution in [0.15, 0.2) is 0 Å². The highest BCUT2D eigenvalue weighted by atomic mass is 16.3. The summed E-state index contributed by atoms with van der Waals surface area (Å²) in [4.78, 5) is 13.7. The van der Waals surface area contributed by atoms with Crippen molar-refractivity contribution in [1.29, 1.82) is 0 Å². The molecule has 92 valence electrons. The first-order chi connectivity index (χ1) is 7.65. The van der Waals surface area contributed by atoms with Crippen molar-refractivity contribution in [2.45, 2.75) is 37.7 Å². The van der Waals surface area contributed by atoms with E-state index >= 15 is 0 Å². The molecule has 2 aliphatic rings. The Balaban J connectivity index is 1.96. The van der Waals surface area contributed by atoms with Crippen LogP contribution in [0.3, 0.4) is 0 Å². The normalized spacial score (nSPS) is 34.6. The van der Waals surface area contributed by atoms with E-state index in [1.54, 1.807) is 7.05 Å². The monoisotopic (exact) mass is 226 g/mol. The summed E-state index contributed by atoms with van der Waals surface area (Å²) in [7, 11) is 1.79. The average molecular weight is 226 g/mol. The minimum absolute atomic E-state index is 0.162. The molecule has 16 heavy (non-hydrogen) atoms. The van der Waals surface area contributed by atoms with Crippen LogP contribution in [-0.2, 0) is 4.79 Å². The van der Waals surface area contributed by atoms with E-state index in [1.807, 2.05) is 4.90 Å². The van der Waals surface area contributed by atoms with Gasteiger partial charge in [-0.2, -0.15) is 0 Å². The number of likely N-dealkylation sites (N-methyl/N-ethyl adjacent to an activating group) is 1. The molecule has 2 atom stereocenters. The lowest BCUT2D eigenvalue weighted by molar-refractivity contribution is -0.142. The number of nitrogens with zero attached hydrogens (tertiary/aromatic N) is 1. The molecule has 0 aromatic carbocycles. The molecule has 0 aromatic rings. The van der Waals surface area contributed by atoms with E-state index in [4.69, 9.17) is 0 Å². The molecule has 2 rings (SSSR count). The summed E-state index contributed by atoms with van der Waals surface area (Å²) in [5.74, 6) is 0.464. The van der Waals surface area contributed by atoms with E-state index in [2.05, 4.69) is 5.32 Å². The van der Waals surface area contributed by atoms with Gasteiger partial charge in [-0.3, -0.25) is 4.79 Å². The van der Waals surface area contributed by atoms with Crippen molar-refractivity contribution in [3.8, 4) is 0 Å². The van der Waals surface area contributed by atoms with Crippen LogP contribution in [-0.4, -0.2) is 48.2 Å². The van der Waals surface area contributed by atoms with Gasteiger partial charge in [0.25, 0.3) is 0 Å². The van der Waals surface area contributed by atoms with Crippen molar-refractivity contribution < 1.29 is 9.90 Å². The van der Waals surface area contributed by atoms with E-state index in [0.29, 0.717) is 19.0 Å². The molecule has 0 unspecified atom stereocenters. The fourth-order valence-corrected chi connectivity index (χ4v) is 3.06. The second-order valence-corrected chi connectivity index (χ2v) is 5.17. The minimum Gasteiger partial charge on any atom is -0.389 e. The van der Waals surface area contributed by atoms with Crippen LogP contribution in [0, 0.1) is 5.92 Å². The zero-order chi connectivity index (χ0) is 11.6. The second-order valence-electron chi connectivity index (χ2n) is 5.17. The average Bonchev–Trinajstić information content (AvgIpc) is 2.28. The first-order valence-corrected chi connectivity index (χ1v) is 6.30. The SMILES string of the molecule is CNCC(=O)N1CC[C@@]2(O)CCCC[C@H]2C1. The van der Waals surface area contributed by atoms with Gasteiger partial charge in [-0.1, -0.05) is 12.8 Å². The number of nitrogens with one attached hydrogen (secondary N) is 1. The number of aliphatic hydroxyl groups is 1. The Hall–Kier alpha value is -0.610. The number of likely N-dealkylation sites (tertiary alicyclic amines) is 1. The van der Waals surface area contributed by atoms with E-state index in [0.717, 1.165) is 32.2 Å². The van der Waals surface area contributed by atoms with Crippen LogP contribution in [0.25, 0.3) is 0 Å². The maximum Gasteiger partial charge on any atom is 0.236 e. The Kier molecular flexibility index (Phi) is 3.50. The van der Waals surface area contributed by atoms with Crippen molar-refractivity contribution >= 4 is 5.91 Å². The number of fused-ring (bicyclic) bond motifs is 1. The van der Waals surface area contributed by atoms with Crippen LogP contribution in [0.5, 0.6) is 0 Å². The predicted molar refractivity (Wildman–Crippen MR) is 62.0 cm³/mol. The molecule has 2 N–H and O–H groups in total. The molecule has 0 spiro atoms. The topological polar surface area (TPSA) is 52.6 Å². The maximum absolute atomic E-state index is 11.8. The number of piperidine rings is 1. The Bertz CT molecular complexity index is 270. The summed E-state index contributed by atoms with van der Waals surface area (Å²) in [5.41, 5.74) is -0.478. The lowest BCUT2D eigenvalue weighted by Crippen LogP contribution is -2.55. The molecule has 1 aliphatic heterocycles. The van der Waals surface area contributed by atoms with Gasteiger partial charge in [0.05, 0.1) is 12.1 Å². The van der Waals surface area contributed by atoms with Gasteiger partial charge in [-0.15, -0.1) is 0 Å². The van der Waals surface area contributed by atoms with E-state index in [1.165, 1.54) is 6.42 Å².